The molecule has 11 heteroatoms. The molecule has 0 nitrogen and oxygen atoms in total. The molecule has 0 radical (unpaired) electrons. The Hall–Kier alpha value is -0.350. The molecule has 0 heterocycles. The molecule has 19 heavy (non-hydrogen) atoms. The van der Waals surface area contributed by atoms with Crippen LogP contribution in [0.2, 0.25) is 0 Å². The second-order valence-electron chi connectivity index (χ2n) is 3.52. The highest BCUT2D eigenvalue weighted by atomic mass is 32.2. The maximum absolute atomic E-state index is 12.3. The molecule has 116 valence electrons. The molecule has 0 aliphatic carbocycles. The van der Waals surface area contributed by atoms with Gasteiger partial charge in [-0.1, -0.05) is 0 Å². The molecule has 0 saturated carbocycles. The highest BCUT2D eigenvalue weighted by Crippen LogP contribution is 2.40. The van der Waals surface area contributed by atoms with Crippen molar-refractivity contribution >= 4 is 11.8 Å². The first-order valence-corrected chi connectivity index (χ1v) is 5.83. The summed E-state index contributed by atoms with van der Waals surface area (Å²) in [5, 5.41) is 0. The first kappa shape index (κ1) is 18.7. The Labute approximate surface area is 105 Å². The van der Waals surface area contributed by atoms with Gasteiger partial charge in [-0.05, 0) is 11.5 Å². The monoisotopic (exact) mass is 326 g/mol. The maximum Gasteiger partial charge on any atom is 0.453 e. The van der Waals surface area contributed by atoms with E-state index < -0.39 is 48.5 Å². The van der Waals surface area contributed by atoms with E-state index in [9.17, 15) is 43.9 Å². The molecule has 0 fully saturated rings. The molecular formula is C8H8F10S. The molecule has 0 spiro atoms. The lowest BCUT2D eigenvalue weighted by molar-refractivity contribution is -0.282. The summed E-state index contributed by atoms with van der Waals surface area (Å²) in [6, 6.07) is 0. The Morgan fingerprint density at radius 3 is 1.00 bits per heavy atom. The van der Waals surface area contributed by atoms with Crippen molar-refractivity contribution in [3.63, 3.8) is 0 Å². The van der Waals surface area contributed by atoms with Crippen LogP contribution in [0.4, 0.5) is 43.9 Å². The largest absolute Gasteiger partial charge is 0.453 e. The van der Waals surface area contributed by atoms with Crippen molar-refractivity contribution in [1.82, 2.24) is 0 Å². The number of halogens is 10. The SMILES string of the molecule is FC(F)(F)C(F)(F)CCSCCC(F)(F)C(F)(F)F. The number of hydrogen-bond donors (Lipinski definition) is 0. The van der Waals surface area contributed by atoms with E-state index in [4.69, 9.17) is 0 Å². The van der Waals surface area contributed by atoms with Gasteiger partial charge < -0.3 is 0 Å². The molecule has 0 aromatic heterocycles. The van der Waals surface area contributed by atoms with Crippen molar-refractivity contribution < 1.29 is 43.9 Å². The van der Waals surface area contributed by atoms with Gasteiger partial charge in [0, 0.05) is 12.8 Å². The Kier molecular flexibility index (Phi) is 5.85. The summed E-state index contributed by atoms with van der Waals surface area (Å²) in [6.07, 6.45) is -14.9. The quantitative estimate of drug-likeness (QED) is 0.494. The van der Waals surface area contributed by atoms with Crippen LogP contribution in [0.3, 0.4) is 0 Å². The van der Waals surface area contributed by atoms with Gasteiger partial charge in [-0.25, -0.2) is 0 Å². The van der Waals surface area contributed by atoms with Gasteiger partial charge >= 0.3 is 24.2 Å². The Bertz CT molecular complexity index is 250. The Balaban J connectivity index is 4.03. The van der Waals surface area contributed by atoms with E-state index in [1.165, 1.54) is 0 Å². The second-order valence-corrected chi connectivity index (χ2v) is 4.74. The summed E-state index contributed by atoms with van der Waals surface area (Å²) in [5.41, 5.74) is 0. The van der Waals surface area contributed by atoms with Crippen LogP contribution in [0, 0.1) is 0 Å². The summed E-state index contributed by atoms with van der Waals surface area (Å²) in [4.78, 5) is 0. The van der Waals surface area contributed by atoms with Gasteiger partial charge in [0.25, 0.3) is 0 Å². The molecule has 0 aliphatic heterocycles. The molecule has 0 aliphatic rings. The fraction of sp³-hybridized carbons (Fsp3) is 1.00. The van der Waals surface area contributed by atoms with E-state index in [1.807, 2.05) is 0 Å². The predicted octanol–water partition coefficient (Wildman–Crippen LogP) is 4.90. The number of thioether (sulfide) groups is 1. The van der Waals surface area contributed by atoms with Crippen LogP contribution in [-0.4, -0.2) is 35.7 Å². The second kappa shape index (κ2) is 5.96. The Morgan fingerprint density at radius 1 is 0.526 bits per heavy atom. The zero-order valence-corrected chi connectivity index (χ0v) is 9.83. The average Bonchev–Trinajstić information content (AvgIpc) is 2.12. The van der Waals surface area contributed by atoms with Gasteiger partial charge in [0.2, 0.25) is 0 Å². The van der Waals surface area contributed by atoms with E-state index in [1.54, 1.807) is 0 Å². The topological polar surface area (TPSA) is 0 Å². The number of hydrogen-bond acceptors (Lipinski definition) is 1. The molecule has 0 N–H and O–H groups in total. The first-order chi connectivity index (χ1) is 8.21. The highest BCUT2D eigenvalue weighted by Gasteiger charge is 2.57. The molecule has 0 aromatic carbocycles. The smallest absolute Gasteiger partial charge is 0.196 e. The van der Waals surface area contributed by atoms with Gasteiger partial charge in [0.1, 0.15) is 0 Å². The Morgan fingerprint density at radius 2 is 0.789 bits per heavy atom. The van der Waals surface area contributed by atoms with Crippen molar-refractivity contribution in [2.24, 2.45) is 0 Å². The van der Waals surface area contributed by atoms with E-state index in [2.05, 4.69) is 0 Å². The standard InChI is InChI=1S/C8H8F10S/c9-5(10,7(13,14)15)1-3-19-4-2-6(11,12)8(16,17)18/h1-4H2. The van der Waals surface area contributed by atoms with Crippen molar-refractivity contribution in [2.75, 3.05) is 11.5 Å². The first-order valence-electron chi connectivity index (χ1n) is 4.67. The van der Waals surface area contributed by atoms with Crippen LogP contribution in [-0.2, 0) is 0 Å². The van der Waals surface area contributed by atoms with Crippen LogP contribution in [0.15, 0.2) is 0 Å². The fourth-order valence-electron chi connectivity index (χ4n) is 0.786. The van der Waals surface area contributed by atoms with Crippen molar-refractivity contribution in [3.05, 3.63) is 0 Å². The van der Waals surface area contributed by atoms with Crippen molar-refractivity contribution in [1.29, 1.82) is 0 Å². The normalized spacial score (nSPS) is 14.8. The third-order valence-corrected chi connectivity index (χ3v) is 2.94. The van der Waals surface area contributed by atoms with Gasteiger partial charge in [0.05, 0.1) is 0 Å². The summed E-state index contributed by atoms with van der Waals surface area (Å²) in [6.45, 7) is 0. The van der Waals surface area contributed by atoms with Crippen LogP contribution in [0.1, 0.15) is 12.8 Å². The minimum Gasteiger partial charge on any atom is -0.196 e. The minimum absolute atomic E-state index is 0.179. The van der Waals surface area contributed by atoms with Gasteiger partial charge in [-0.2, -0.15) is 55.7 Å². The van der Waals surface area contributed by atoms with E-state index in [0.717, 1.165) is 0 Å². The van der Waals surface area contributed by atoms with E-state index in [0.29, 0.717) is 0 Å². The van der Waals surface area contributed by atoms with Gasteiger partial charge in [-0.15, -0.1) is 0 Å². The third kappa shape index (κ3) is 5.65. The molecule has 0 rings (SSSR count). The fourth-order valence-corrected chi connectivity index (χ4v) is 1.79. The molecule has 0 bridgehead atoms. The summed E-state index contributed by atoms with van der Waals surface area (Å²) >= 11 is 0.179. The zero-order valence-electron chi connectivity index (χ0n) is 9.02. The molecule has 0 unspecified atom stereocenters. The molecule has 0 atom stereocenters. The van der Waals surface area contributed by atoms with Gasteiger partial charge in [-0.3, -0.25) is 0 Å². The molecule has 0 saturated heterocycles. The molecule has 0 aromatic rings. The predicted molar refractivity (Wildman–Crippen MR) is 48.6 cm³/mol. The van der Waals surface area contributed by atoms with Gasteiger partial charge in [0.15, 0.2) is 0 Å². The number of alkyl halides is 10. The highest BCUT2D eigenvalue weighted by molar-refractivity contribution is 7.99. The summed E-state index contributed by atoms with van der Waals surface area (Å²) in [7, 11) is 0. The van der Waals surface area contributed by atoms with E-state index >= 15 is 0 Å². The summed E-state index contributed by atoms with van der Waals surface area (Å²) in [5.74, 6) is -11.7. The minimum atomic E-state index is -5.76. The summed E-state index contributed by atoms with van der Waals surface area (Å²) < 4.78 is 119. The van der Waals surface area contributed by atoms with Crippen molar-refractivity contribution in [2.45, 2.75) is 37.0 Å². The van der Waals surface area contributed by atoms with Crippen LogP contribution >= 0.6 is 11.8 Å². The third-order valence-electron chi connectivity index (χ3n) is 1.95. The zero-order chi connectivity index (χ0) is 15.5. The maximum atomic E-state index is 12.3. The van der Waals surface area contributed by atoms with Crippen LogP contribution < -0.4 is 0 Å². The van der Waals surface area contributed by atoms with E-state index in [-0.39, 0.29) is 11.8 Å². The molecular weight excluding hydrogens is 318 g/mol. The lowest BCUT2D eigenvalue weighted by Crippen LogP contribution is -2.37. The lowest BCUT2D eigenvalue weighted by atomic mass is 10.2. The van der Waals surface area contributed by atoms with Crippen LogP contribution in [0.5, 0.6) is 0 Å². The number of rotatable bonds is 6. The van der Waals surface area contributed by atoms with Crippen molar-refractivity contribution in [3.8, 4) is 0 Å². The average molecular weight is 326 g/mol. The van der Waals surface area contributed by atoms with Crippen LogP contribution in [0.25, 0.3) is 0 Å². The molecule has 0 amide bonds. The lowest BCUT2D eigenvalue weighted by Gasteiger charge is -2.20.